The lowest BCUT2D eigenvalue weighted by Gasteiger charge is -2.24. The third-order valence-corrected chi connectivity index (χ3v) is 7.14. The number of aryl methyl sites for hydroxylation is 1. The maximum absolute atomic E-state index is 6.52. The lowest BCUT2D eigenvalue weighted by atomic mass is 9.92. The standard InChI is InChI=1S/C26H34N6/c1-18-16-23(27)24(19-6-3-4-7-19)25-22(18)17-29-26(30-25)31(2)20-8-10-21(11-9-20)32-14-5-12-28-13-15-32/h8-11,16-17,19,28H,3-7,12-15,27H2,1-2H3. The highest BCUT2D eigenvalue weighted by molar-refractivity contribution is 5.90. The Hall–Kier alpha value is -2.86. The molecule has 2 fully saturated rings. The molecule has 2 aromatic carbocycles. The van der Waals surface area contributed by atoms with E-state index in [1.807, 2.05) is 13.2 Å². The van der Waals surface area contributed by atoms with Crippen LogP contribution in [0.25, 0.3) is 10.9 Å². The van der Waals surface area contributed by atoms with Crippen molar-refractivity contribution in [2.75, 3.05) is 48.8 Å². The molecule has 0 radical (unpaired) electrons. The number of nitrogens with two attached hydrogens (primary N) is 1. The predicted octanol–water partition coefficient (Wildman–Crippen LogP) is 4.75. The van der Waals surface area contributed by atoms with Crippen molar-refractivity contribution in [2.45, 2.75) is 44.9 Å². The molecule has 0 bridgehead atoms. The first-order chi connectivity index (χ1) is 15.6. The summed E-state index contributed by atoms with van der Waals surface area (Å²) in [6.45, 7) is 6.39. The number of anilines is 4. The van der Waals surface area contributed by atoms with E-state index in [0.717, 1.165) is 54.0 Å². The highest BCUT2D eigenvalue weighted by Gasteiger charge is 2.24. The van der Waals surface area contributed by atoms with E-state index in [-0.39, 0.29) is 0 Å². The van der Waals surface area contributed by atoms with Crippen LogP contribution in [0, 0.1) is 6.92 Å². The number of rotatable bonds is 4. The first-order valence-electron chi connectivity index (χ1n) is 12.0. The fourth-order valence-corrected chi connectivity index (χ4v) is 5.30. The van der Waals surface area contributed by atoms with Crippen LogP contribution in [0.3, 0.4) is 0 Å². The van der Waals surface area contributed by atoms with Gasteiger partial charge in [0.25, 0.3) is 0 Å². The van der Waals surface area contributed by atoms with E-state index in [9.17, 15) is 0 Å². The highest BCUT2D eigenvalue weighted by atomic mass is 15.2. The summed E-state index contributed by atoms with van der Waals surface area (Å²) in [6.07, 6.45) is 8.10. The second-order valence-electron chi connectivity index (χ2n) is 9.28. The van der Waals surface area contributed by atoms with Crippen molar-refractivity contribution in [1.29, 1.82) is 0 Å². The minimum atomic E-state index is 0.508. The Morgan fingerprint density at radius 3 is 2.62 bits per heavy atom. The Kier molecular flexibility index (Phi) is 5.87. The van der Waals surface area contributed by atoms with Gasteiger partial charge in [-0.25, -0.2) is 9.97 Å². The smallest absolute Gasteiger partial charge is 0.230 e. The average molecular weight is 431 g/mol. The van der Waals surface area contributed by atoms with Gasteiger partial charge >= 0.3 is 0 Å². The normalized spacial score (nSPS) is 17.6. The number of aromatic nitrogens is 2. The SMILES string of the molecule is Cc1cc(N)c(C2CCCC2)c2nc(N(C)c3ccc(N4CCCNCC4)cc3)ncc12. The molecule has 5 rings (SSSR count). The molecule has 1 aromatic heterocycles. The van der Waals surface area contributed by atoms with Gasteiger partial charge in [-0.15, -0.1) is 0 Å². The first kappa shape index (κ1) is 21.0. The van der Waals surface area contributed by atoms with Gasteiger partial charge in [-0.05, 0) is 74.5 Å². The second kappa shape index (κ2) is 8.94. The molecule has 0 unspecified atom stereocenters. The van der Waals surface area contributed by atoms with Crippen molar-refractivity contribution in [3.05, 3.63) is 47.7 Å². The van der Waals surface area contributed by atoms with Crippen molar-refractivity contribution in [3.63, 3.8) is 0 Å². The van der Waals surface area contributed by atoms with E-state index < -0.39 is 0 Å². The van der Waals surface area contributed by atoms with Crippen LogP contribution in [-0.2, 0) is 0 Å². The fraction of sp³-hybridized carbons (Fsp3) is 0.462. The molecule has 168 valence electrons. The summed E-state index contributed by atoms with van der Waals surface area (Å²) < 4.78 is 0. The summed E-state index contributed by atoms with van der Waals surface area (Å²) in [6, 6.07) is 10.9. The van der Waals surface area contributed by atoms with Crippen LogP contribution >= 0.6 is 0 Å². The molecule has 0 spiro atoms. The van der Waals surface area contributed by atoms with Gasteiger partial charge in [0.2, 0.25) is 5.95 Å². The largest absolute Gasteiger partial charge is 0.398 e. The summed E-state index contributed by atoms with van der Waals surface area (Å²) in [5.41, 5.74) is 13.2. The second-order valence-corrected chi connectivity index (χ2v) is 9.28. The number of hydrogen-bond donors (Lipinski definition) is 2. The van der Waals surface area contributed by atoms with Crippen LogP contribution in [0.5, 0.6) is 0 Å². The van der Waals surface area contributed by atoms with Gasteiger partial charge in [-0.3, -0.25) is 0 Å². The predicted molar refractivity (Wildman–Crippen MR) is 134 cm³/mol. The number of hydrogen-bond acceptors (Lipinski definition) is 6. The van der Waals surface area contributed by atoms with E-state index in [1.54, 1.807) is 0 Å². The molecule has 3 aromatic rings. The molecule has 2 heterocycles. The first-order valence-corrected chi connectivity index (χ1v) is 12.0. The number of benzene rings is 2. The molecule has 1 aliphatic carbocycles. The minimum Gasteiger partial charge on any atom is -0.398 e. The third kappa shape index (κ3) is 3.99. The molecule has 2 aliphatic rings. The third-order valence-electron chi connectivity index (χ3n) is 7.14. The number of fused-ring (bicyclic) bond motifs is 1. The Morgan fingerprint density at radius 2 is 1.84 bits per heavy atom. The van der Waals surface area contributed by atoms with E-state index >= 15 is 0 Å². The summed E-state index contributed by atoms with van der Waals surface area (Å²) in [7, 11) is 2.04. The van der Waals surface area contributed by atoms with Gasteiger partial charge in [0.1, 0.15) is 0 Å². The Morgan fingerprint density at radius 1 is 1.06 bits per heavy atom. The fourth-order valence-electron chi connectivity index (χ4n) is 5.30. The summed E-state index contributed by atoms with van der Waals surface area (Å²) in [5.74, 6) is 1.22. The number of nitrogens with one attached hydrogen (secondary N) is 1. The molecule has 3 N–H and O–H groups in total. The number of nitrogens with zero attached hydrogens (tertiary/aromatic N) is 4. The van der Waals surface area contributed by atoms with E-state index in [2.05, 4.69) is 52.4 Å². The van der Waals surface area contributed by atoms with E-state index in [1.165, 1.54) is 43.4 Å². The lowest BCUT2D eigenvalue weighted by molar-refractivity contribution is 0.724. The molecule has 0 amide bonds. The zero-order valence-electron chi connectivity index (χ0n) is 19.3. The summed E-state index contributed by atoms with van der Waals surface area (Å²) in [5, 5.41) is 4.58. The maximum Gasteiger partial charge on any atom is 0.230 e. The number of nitrogen functional groups attached to an aromatic ring is 1. The molecule has 1 aliphatic heterocycles. The summed E-state index contributed by atoms with van der Waals surface area (Å²) >= 11 is 0. The molecule has 1 saturated heterocycles. The van der Waals surface area contributed by atoms with Crippen molar-refractivity contribution in [2.24, 2.45) is 0 Å². The zero-order valence-corrected chi connectivity index (χ0v) is 19.3. The maximum atomic E-state index is 6.52. The van der Waals surface area contributed by atoms with Crippen LogP contribution in [-0.4, -0.2) is 43.2 Å². The van der Waals surface area contributed by atoms with Gasteiger partial charge in [0, 0.05) is 60.9 Å². The zero-order chi connectivity index (χ0) is 22.1. The van der Waals surface area contributed by atoms with Gasteiger partial charge in [0.15, 0.2) is 0 Å². The highest BCUT2D eigenvalue weighted by Crippen LogP contribution is 2.41. The molecular weight excluding hydrogens is 396 g/mol. The lowest BCUT2D eigenvalue weighted by Crippen LogP contribution is -2.27. The minimum absolute atomic E-state index is 0.508. The van der Waals surface area contributed by atoms with Crippen LogP contribution in [0.1, 0.15) is 49.1 Å². The Balaban J connectivity index is 1.46. The molecular formula is C26H34N6. The van der Waals surface area contributed by atoms with Crippen LogP contribution in [0.2, 0.25) is 0 Å². The van der Waals surface area contributed by atoms with Crippen LogP contribution < -0.4 is 20.9 Å². The van der Waals surface area contributed by atoms with Crippen LogP contribution in [0.15, 0.2) is 36.5 Å². The topological polar surface area (TPSA) is 70.3 Å². The monoisotopic (exact) mass is 430 g/mol. The van der Waals surface area contributed by atoms with Crippen LogP contribution in [0.4, 0.5) is 23.0 Å². The van der Waals surface area contributed by atoms with Gasteiger partial charge in [0.05, 0.1) is 5.52 Å². The van der Waals surface area contributed by atoms with Crippen molar-refractivity contribution >= 4 is 33.9 Å². The van der Waals surface area contributed by atoms with Crippen molar-refractivity contribution < 1.29 is 0 Å². The van der Waals surface area contributed by atoms with E-state index in [0.29, 0.717) is 11.9 Å². The van der Waals surface area contributed by atoms with Gasteiger partial charge in [-0.1, -0.05) is 12.8 Å². The van der Waals surface area contributed by atoms with Gasteiger partial charge < -0.3 is 20.9 Å². The van der Waals surface area contributed by atoms with Gasteiger partial charge in [-0.2, -0.15) is 0 Å². The van der Waals surface area contributed by atoms with Crippen molar-refractivity contribution in [3.8, 4) is 0 Å². The quantitative estimate of drug-likeness (QED) is 0.583. The molecule has 32 heavy (non-hydrogen) atoms. The average Bonchev–Trinajstić information content (AvgIpc) is 3.19. The molecule has 1 saturated carbocycles. The molecule has 0 atom stereocenters. The molecule has 6 heteroatoms. The Bertz CT molecular complexity index is 1080. The van der Waals surface area contributed by atoms with E-state index in [4.69, 9.17) is 15.7 Å². The van der Waals surface area contributed by atoms with Crippen molar-refractivity contribution in [1.82, 2.24) is 15.3 Å². The Labute approximate surface area is 190 Å². The summed E-state index contributed by atoms with van der Waals surface area (Å²) in [4.78, 5) is 14.3. The molecule has 6 nitrogen and oxygen atoms in total.